The minimum absolute atomic E-state index is 1.83. The van der Waals surface area contributed by atoms with Crippen LogP contribution in [0.3, 0.4) is 0 Å². The molecule has 0 spiro atoms. The van der Waals surface area contributed by atoms with Gasteiger partial charge >= 0.3 is 140 Å². The van der Waals surface area contributed by atoms with E-state index in [1.807, 2.05) is 0 Å². The summed E-state index contributed by atoms with van der Waals surface area (Å²) in [4.78, 5) is 0. The number of hydrogen-bond acceptors (Lipinski definition) is 4. The molecule has 0 fully saturated rings. The van der Waals surface area contributed by atoms with Gasteiger partial charge in [0.1, 0.15) is 0 Å². The molecule has 0 saturated carbocycles. The average molecular weight is 429 g/mol. The Labute approximate surface area is 139 Å². The van der Waals surface area contributed by atoms with Crippen LogP contribution in [0.4, 0.5) is 0 Å². The van der Waals surface area contributed by atoms with E-state index in [0.717, 1.165) is 0 Å². The van der Waals surface area contributed by atoms with E-state index in [9.17, 15) is 0 Å². The van der Waals surface area contributed by atoms with Crippen molar-refractivity contribution in [1.29, 1.82) is 0 Å². The molecule has 0 N–H and O–H groups in total. The molecular formula is C12H36GeO4Si4. The molecule has 0 amide bonds. The van der Waals surface area contributed by atoms with E-state index in [-0.39, 0.29) is 0 Å². The van der Waals surface area contributed by atoms with Crippen molar-refractivity contribution < 1.29 is 15.8 Å². The normalized spacial score (nSPS) is 15.4. The molecule has 0 unspecified atom stereocenters. The topological polar surface area (TPSA) is 36.9 Å². The van der Waals surface area contributed by atoms with Crippen LogP contribution in [0.5, 0.6) is 0 Å². The van der Waals surface area contributed by atoms with Crippen molar-refractivity contribution in [3.8, 4) is 0 Å². The van der Waals surface area contributed by atoms with Gasteiger partial charge in [-0.2, -0.15) is 0 Å². The zero-order valence-corrected chi connectivity index (χ0v) is 22.2. The molecule has 0 aromatic carbocycles. The summed E-state index contributed by atoms with van der Waals surface area (Å²) in [5, 5.41) is 0. The molecule has 0 radical (unpaired) electrons. The van der Waals surface area contributed by atoms with Crippen molar-refractivity contribution in [3.05, 3.63) is 0 Å². The van der Waals surface area contributed by atoms with Crippen LogP contribution in [0.15, 0.2) is 0 Å². The van der Waals surface area contributed by atoms with Crippen molar-refractivity contribution in [1.82, 2.24) is 0 Å². The van der Waals surface area contributed by atoms with Crippen LogP contribution in [0.1, 0.15) is 0 Å². The molecule has 0 heterocycles. The van der Waals surface area contributed by atoms with Gasteiger partial charge in [0.2, 0.25) is 0 Å². The van der Waals surface area contributed by atoms with Gasteiger partial charge in [-0.3, -0.25) is 0 Å². The molecule has 0 aromatic rings. The molecule has 9 heteroatoms. The van der Waals surface area contributed by atoms with Crippen molar-refractivity contribution in [2.24, 2.45) is 0 Å². The van der Waals surface area contributed by atoms with Gasteiger partial charge in [0, 0.05) is 0 Å². The summed E-state index contributed by atoms with van der Waals surface area (Å²) in [5.74, 6) is 6.66. The van der Waals surface area contributed by atoms with Crippen LogP contribution >= 0.6 is 0 Å². The first-order valence-electron chi connectivity index (χ1n) is 7.63. The maximum atomic E-state index is 6.52. The third-order valence-electron chi connectivity index (χ3n) is 1.72. The van der Waals surface area contributed by atoms with Crippen LogP contribution in [-0.2, 0) is 15.8 Å². The Morgan fingerprint density at radius 1 is 0.524 bits per heavy atom. The summed E-state index contributed by atoms with van der Waals surface area (Å²) in [6, 6.07) is 0. The summed E-state index contributed by atoms with van der Waals surface area (Å²) in [7, 11) is -8.56. The second kappa shape index (κ2) is 7.01. The third kappa shape index (κ3) is 12.4. The molecule has 0 aliphatic rings. The average Bonchev–Trinajstić information content (AvgIpc) is 1.83. The first-order valence-corrected chi connectivity index (χ1v) is 26.6. The monoisotopic (exact) mass is 430 g/mol. The molecule has 0 saturated heterocycles. The van der Waals surface area contributed by atoms with Gasteiger partial charge in [0.25, 0.3) is 0 Å². The molecule has 21 heavy (non-hydrogen) atoms. The van der Waals surface area contributed by atoms with E-state index in [1.54, 1.807) is 0 Å². The van der Waals surface area contributed by atoms with E-state index >= 15 is 0 Å². The Kier molecular flexibility index (Phi) is 7.43. The predicted octanol–water partition coefficient (Wildman–Crippen LogP) is 4.83. The fraction of sp³-hybridized carbons (Fsp3) is 1.00. The van der Waals surface area contributed by atoms with Gasteiger partial charge in [-0.15, -0.1) is 0 Å². The molecule has 0 rings (SSSR count). The van der Waals surface area contributed by atoms with E-state index in [0.29, 0.717) is 0 Å². The zero-order valence-electron chi connectivity index (χ0n) is 16.1. The quantitative estimate of drug-likeness (QED) is 0.518. The molecular weight excluding hydrogens is 393 g/mol. The van der Waals surface area contributed by atoms with Crippen molar-refractivity contribution in [3.63, 3.8) is 0 Å². The summed E-state index contributed by atoms with van der Waals surface area (Å²) < 4.78 is 26.0. The van der Waals surface area contributed by atoms with E-state index in [4.69, 9.17) is 15.8 Å². The van der Waals surface area contributed by atoms with Crippen molar-refractivity contribution >= 4 is 47.6 Å². The van der Waals surface area contributed by atoms with Crippen LogP contribution in [-0.4, -0.2) is 47.6 Å². The summed E-state index contributed by atoms with van der Waals surface area (Å²) in [6.45, 7) is 19.6. The first-order chi connectivity index (χ1) is 8.83. The van der Waals surface area contributed by atoms with E-state index in [1.165, 1.54) is 0 Å². The Morgan fingerprint density at radius 3 is 0.905 bits per heavy atom. The standard InChI is InChI=1S/C12H36GeO4Si4/c1-13(2,3)14-21(15-18(4,5)6,16-19(7,8)9)17-20(10,11)12/h1-12H3. The SMILES string of the molecule is C[Si](C)(C)O[Si](O[Si](C)(C)C)(O[Si](C)(C)C)[O][Ge]([CH3])([CH3])[CH3]. The summed E-state index contributed by atoms with van der Waals surface area (Å²) in [6.07, 6.45) is 0. The fourth-order valence-electron chi connectivity index (χ4n) is 1.63. The van der Waals surface area contributed by atoms with Gasteiger partial charge in [-0.25, -0.2) is 0 Å². The Morgan fingerprint density at radius 2 is 0.762 bits per heavy atom. The first kappa shape index (κ1) is 22.3. The number of hydrogen-bond donors (Lipinski definition) is 0. The molecule has 0 aromatic heterocycles. The third-order valence-corrected chi connectivity index (χ3v) is 18.4. The van der Waals surface area contributed by atoms with Gasteiger partial charge in [-0.1, -0.05) is 0 Å². The minimum atomic E-state index is -3.07. The van der Waals surface area contributed by atoms with Gasteiger partial charge in [-0.05, 0) is 0 Å². The molecule has 0 aliphatic carbocycles. The van der Waals surface area contributed by atoms with Crippen LogP contribution < -0.4 is 0 Å². The molecule has 0 bridgehead atoms. The summed E-state index contributed by atoms with van der Waals surface area (Å²) in [5.41, 5.74) is 0. The van der Waals surface area contributed by atoms with Gasteiger partial charge in [0.05, 0.1) is 0 Å². The second-order valence-electron chi connectivity index (χ2n) is 9.36. The Hall–Kier alpha value is 1.25. The van der Waals surface area contributed by atoms with Gasteiger partial charge in [0.15, 0.2) is 0 Å². The van der Waals surface area contributed by atoms with Crippen LogP contribution in [0, 0.1) is 0 Å². The molecule has 0 atom stereocenters. The van der Waals surface area contributed by atoms with Crippen LogP contribution in [0.25, 0.3) is 0 Å². The van der Waals surface area contributed by atoms with Crippen molar-refractivity contribution in [2.75, 3.05) is 0 Å². The zero-order chi connectivity index (χ0) is 17.3. The van der Waals surface area contributed by atoms with Crippen LogP contribution in [0.2, 0.25) is 76.2 Å². The van der Waals surface area contributed by atoms with E-state index in [2.05, 4.69) is 76.2 Å². The summed E-state index contributed by atoms with van der Waals surface area (Å²) >= 11 is -2.36. The van der Waals surface area contributed by atoms with E-state index < -0.39 is 47.6 Å². The Bertz CT molecular complexity index is 270. The van der Waals surface area contributed by atoms with Gasteiger partial charge < -0.3 is 0 Å². The predicted molar refractivity (Wildman–Crippen MR) is 103 cm³/mol. The Balaban J connectivity index is 5.70. The fourth-order valence-corrected chi connectivity index (χ4v) is 20.6. The molecule has 0 aliphatic heterocycles. The number of rotatable bonds is 8. The molecule has 4 nitrogen and oxygen atoms in total. The molecule has 128 valence electrons. The second-order valence-corrected chi connectivity index (χ2v) is 35.8. The van der Waals surface area contributed by atoms with Crippen molar-refractivity contribution in [2.45, 2.75) is 76.2 Å². The maximum absolute atomic E-state index is 6.52.